The van der Waals surface area contributed by atoms with E-state index in [2.05, 4.69) is 40.3 Å². The quantitative estimate of drug-likeness (QED) is 0.648. The molecule has 32 heavy (non-hydrogen) atoms. The first-order chi connectivity index (χ1) is 15.5. The third-order valence-electron chi connectivity index (χ3n) is 8.17. The topological polar surface area (TPSA) is 45.3 Å². The molecule has 1 aromatic rings. The van der Waals surface area contributed by atoms with Crippen molar-refractivity contribution in [3.8, 4) is 0 Å². The van der Waals surface area contributed by atoms with Gasteiger partial charge in [0.15, 0.2) is 0 Å². The van der Waals surface area contributed by atoms with Gasteiger partial charge in [0.05, 0.1) is 17.8 Å². The molecule has 0 radical (unpaired) electrons. The number of allylic oxidation sites excluding steroid dienone is 3. The number of nitrogens with one attached hydrogen (secondary N) is 3. The Hall–Kier alpha value is -1.83. The van der Waals surface area contributed by atoms with E-state index in [-0.39, 0.29) is 24.2 Å². The van der Waals surface area contributed by atoms with E-state index in [4.69, 9.17) is 4.74 Å². The van der Waals surface area contributed by atoms with E-state index >= 15 is 0 Å². The molecule has 2 aliphatic carbocycles. The van der Waals surface area contributed by atoms with E-state index in [0.29, 0.717) is 17.5 Å². The minimum Gasteiger partial charge on any atom is -0.381 e. The fourth-order valence-corrected chi connectivity index (χ4v) is 6.40. The van der Waals surface area contributed by atoms with Crippen molar-refractivity contribution in [3.63, 3.8) is 0 Å². The third kappa shape index (κ3) is 3.68. The van der Waals surface area contributed by atoms with Crippen molar-refractivity contribution in [3.05, 3.63) is 53.6 Å². The fourth-order valence-electron chi connectivity index (χ4n) is 6.40. The lowest BCUT2D eigenvalue weighted by Gasteiger charge is -2.47. The summed E-state index contributed by atoms with van der Waals surface area (Å²) in [4.78, 5) is 0. The van der Waals surface area contributed by atoms with Crippen LogP contribution in [0, 0.1) is 23.7 Å². The molecule has 172 valence electrons. The predicted molar refractivity (Wildman–Crippen MR) is 117 cm³/mol. The number of ether oxygens (including phenoxy) is 1. The molecular formula is C25H30F3N3O. The van der Waals surface area contributed by atoms with Gasteiger partial charge in [-0.25, -0.2) is 0 Å². The lowest BCUT2D eigenvalue weighted by Crippen LogP contribution is -2.48. The van der Waals surface area contributed by atoms with E-state index in [0.717, 1.165) is 56.4 Å². The van der Waals surface area contributed by atoms with E-state index in [9.17, 15) is 13.2 Å². The maximum absolute atomic E-state index is 13.5. The van der Waals surface area contributed by atoms with Gasteiger partial charge < -0.3 is 20.7 Å². The van der Waals surface area contributed by atoms with Gasteiger partial charge in [0, 0.05) is 41.7 Å². The van der Waals surface area contributed by atoms with Gasteiger partial charge in [-0.15, -0.1) is 0 Å². The van der Waals surface area contributed by atoms with Gasteiger partial charge in [-0.1, -0.05) is 24.3 Å². The third-order valence-corrected chi connectivity index (χ3v) is 8.17. The second kappa shape index (κ2) is 7.89. The monoisotopic (exact) mass is 445 g/mol. The van der Waals surface area contributed by atoms with Crippen LogP contribution in [-0.4, -0.2) is 37.8 Å². The van der Waals surface area contributed by atoms with Gasteiger partial charge in [0.1, 0.15) is 0 Å². The summed E-state index contributed by atoms with van der Waals surface area (Å²) < 4.78 is 47.0. The van der Waals surface area contributed by atoms with Crippen LogP contribution in [0.25, 0.3) is 0 Å². The molecule has 2 unspecified atom stereocenters. The summed E-state index contributed by atoms with van der Waals surface area (Å²) in [5.74, 6) is 1.94. The van der Waals surface area contributed by atoms with Crippen LogP contribution in [0.15, 0.2) is 42.5 Å². The zero-order chi connectivity index (χ0) is 21.9. The van der Waals surface area contributed by atoms with Crippen molar-refractivity contribution in [2.45, 2.75) is 49.7 Å². The summed E-state index contributed by atoms with van der Waals surface area (Å²) in [5.41, 5.74) is 0.843. The van der Waals surface area contributed by atoms with Crippen LogP contribution in [0.3, 0.4) is 0 Å². The second-order valence-corrected chi connectivity index (χ2v) is 10.0. The number of anilines is 1. The average Bonchev–Trinajstić information content (AvgIpc) is 3.22. The molecule has 7 heteroatoms. The number of halogens is 3. The maximum Gasteiger partial charge on any atom is 0.416 e. The van der Waals surface area contributed by atoms with Crippen molar-refractivity contribution in [2.75, 3.05) is 25.0 Å². The molecule has 0 aromatic heterocycles. The molecule has 3 heterocycles. The Labute approximate surface area is 186 Å². The number of piperidine rings is 1. The van der Waals surface area contributed by atoms with Gasteiger partial charge >= 0.3 is 6.18 Å². The van der Waals surface area contributed by atoms with Crippen molar-refractivity contribution in [1.29, 1.82) is 0 Å². The molecule has 8 atom stereocenters. The van der Waals surface area contributed by atoms with Crippen LogP contribution in [0.1, 0.15) is 36.5 Å². The van der Waals surface area contributed by atoms with Crippen LogP contribution < -0.4 is 16.0 Å². The molecule has 0 amide bonds. The van der Waals surface area contributed by atoms with E-state index in [1.54, 1.807) is 6.07 Å². The molecule has 1 saturated carbocycles. The highest BCUT2D eigenvalue weighted by Crippen LogP contribution is 2.49. The normalized spacial score (nSPS) is 39.7. The van der Waals surface area contributed by atoms with E-state index in [1.807, 2.05) is 0 Å². The highest BCUT2D eigenvalue weighted by atomic mass is 19.4. The molecule has 3 fully saturated rings. The number of alkyl halides is 3. The zero-order valence-corrected chi connectivity index (χ0v) is 17.9. The van der Waals surface area contributed by atoms with Crippen LogP contribution >= 0.6 is 0 Å². The summed E-state index contributed by atoms with van der Waals surface area (Å²) in [6.45, 7) is 2.95. The molecular weight excluding hydrogens is 415 g/mol. The molecule has 4 nitrogen and oxygen atoms in total. The summed E-state index contributed by atoms with van der Waals surface area (Å²) in [7, 11) is 0. The van der Waals surface area contributed by atoms with Crippen molar-refractivity contribution >= 4 is 5.69 Å². The predicted octanol–water partition coefficient (Wildman–Crippen LogP) is 4.28. The van der Waals surface area contributed by atoms with E-state index < -0.39 is 11.7 Å². The van der Waals surface area contributed by atoms with Crippen molar-refractivity contribution in [1.82, 2.24) is 10.6 Å². The molecule has 0 spiro atoms. The van der Waals surface area contributed by atoms with Gasteiger partial charge in [0.25, 0.3) is 0 Å². The Morgan fingerprint density at radius 1 is 1.06 bits per heavy atom. The molecule has 1 aromatic carbocycles. The Kier molecular flexibility index (Phi) is 5.12. The van der Waals surface area contributed by atoms with Gasteiger partial charge in [-0.3, -0.25) is 0 Å². The lowest BCUT2D eigenvalue weighted by molar-refractivity contribution is -0.138. The van der Waals surface area contributed by atoms with Crippen molar-refractivity contribution in [2.24, 2.45) is 23.7 Å². The molecule has 6 rings (SSSR count). The molecule has 3 aliphatic heterocycles. The Morgan fingerprint density at radius 3 is 2.66 bits per heavy atom. The van der Waals surface area contributed by atoms with E-state index in [1.165, 1.54) is 12.1 Å². The molecule has 0 bridgehead atoms. The number of rotatable bonds is 4. The minimum atomic E-state index is -4.36. The zero-order valence-electron chi connectivity index (χ0n) is 17.9. The first-order valence-corrected chi connectivity index (χ1v) is 11.9. The summed E-state index contributed by atoms with van der Waals surface area (Å²) in [6.07, 6.45) is 6.73. The smallest absolute Gasteiger partial charge is 0.381 e. The molecule has 3 N–H and O–H groups in total. The Morgan fingerprint density at radius 2 is 1.91 bits per heavy atom. The number of hydrogen-bond donors (Lipinski definition) is 3. The van der Waals surface area contributed by atoms with Gasteiger partial charge in [0.2, 0.25) is 0 Å². The first kappa shape index (κ1) is 20.8. The van der Waals surface area contributed by atoms with Crippen LogP contribution in [-0.2, 0) is 10.9 Å². The number of benzene rings is 1. The highest BCUT2D eigenvalue weighted by molar-refractivity contribution is 5.58. The van der Waals surface area contributed by atoms with Crippen molar-refractivity contribution < 1.29 is 17.9 Å². The van der Waals surface area contributed by atoms with Gasteiger partial charge in [-0.2, -0.15) is 13.2 Å². The largest absolute Gasteiger partial charge is 0.416 e. The maximum atomic E-state index is 13.5. The van der Waals surface area contributed by atoms with Crippen LogP contribution in [0.4, 0.5) is 18.9 Å². The summed E-state index contributed by atoms with van der Waals surface area (Å²) in [6, 6.07) is 4.81. The van der Waals surface area contributed by atoms with Crippen LogP contribution in [0.5, 0.6) is 0 Å². The Bertz CT molecular complexity index is 919. The SMILES string of the molecule is FC(F)(F)c1ccc2c(c1)[C@H]1O[C@@H](CNC3[C@H]4CNC[C@@H]34)CC[C@H]1[C@H](C1C=CC=CC1)N2. The molecule has 5 aliphatic rings. The first-order valence-electron chi connectivity index (χ1n) is 11.9. The standard InChI is InChI=1S/C25H30F3N3O/c26-25(27,28)15-6-9-21-18(10-15)24-17(22(31-21)14-4-2-1-3-5-14)8-7-16(32-24)11-30-23-19-12-29-13-20(19)23/h1-4,6,9-10,14,16-17,19-20,22-24,29-31H,5,7-8,11-13H2/t14?,16-,17+,19-,20+,22+,23?,24+/m1/s1. The number of hydrogen-bond acceptors (Lipinski definition) is 4. The minimum absolute atomic E-state index is 0.0356. The van der Waals surface area contributed by atoms with Gasteiger partial charge in [-0.05, 0) is 62.4 Å². The van der Waals surface area contributed by atoms with Crippen LogP contribution in [0.2, 0.25) is 0 Å². The highest BCUT2D eigenvalue weighted by Gasteiger charge is 2.53. The summed E-state index contributed by atoms with van der Waals surface area (Å²) in [5, 5.41) is 10.7. The molecule has 2 saturated heterocycles. The summed E-state index contributed by atoms with van der Waals surface area (Å²) >= 11 is 0. The average molecular weight is 446 g/mol. The fraction of sp³-hybridized carbons (Fsp3) is 0.600. The second-order valence-electron chi connectivity index (χ2n) is 10.0. The Balaban J connectivity index is 1.24. The number of fused-ring (bicyclic) bond motifs is 4. The lowest BCUT2D eigenvalue weighted by atomic mass is 9.73.